The van der Waals surface area contributed by atoms with Gasteiger partial charge in [-0.05, 0) is 53.8 Å². The van der Waals surface area contributed by atoms with Crippen LogP contribution in [0.3, 0.4) is 0 Å². The van der Waals surface area contributed by atoms with Gasteiger partial charge in [0, 0.05) is 25.6 Å². The molecular weight excluding hydrogens is 472 g/mol. The van der Waals surface area contributed by atoms with Gasteiger partial charge in [-0.15, -0.1) is 0 Å². The zero-order chi connectivity index (χ0) is 26.5. The molecule has 0 radical (unpaired) electrons. The largest absolute Gasteiger partial charge is 0.493 e. The Kier molecular flexibility index (Phi) is 11.5. The van der Waals surface area contributed by atoms with Crippen molar-refractivity contribution in [3.63, 3.8) is 0 Å². The van der Waals surface area contributed by atoms with Crippen LogP contribution in [0.5, 0.6) is 23.0 Å². The van der Waals surface area contributed by atoms with E-state index in [0.29, 0.717) is 30.2 Å². The van der Waals surface area contributed by atoms with Crippen molar-refractivity contribution in [1.82, 2.24) is 4.90 Å². The smallest absolute Gasteiger partial charge is 0.218 e. The first kappa shape index (κ1) is 28.4. The average molecular weight is 505 g/mol. The Morgan fingerprint density at radius 2 is 1.53 bits per heavy atom. The Balaban J connectivity index is 0.000000678. The fourth-order valence-electron chi connectivity index (χ4n) is 4.11. The van der Waals surface area contributed by atoms with Crippen LogP contribution in [-0.4, -0.2) is 62.9 Å². The molecule has 0 aromatic heterocycles. The third-order valence-electron chi connectivity index (χ3n) is 5.77. The number of hydrogen-bond donors (Lipinski definition) is 3. The van der Waals surface area contributed by atoms with Gasteiger partial charge in [0.05, 0.1) is 28.4 Å². The molecule has 1 amide bonds. The fourth-order valence-corrected chi connectivity index (χ4v) is 4.11. The number of fused-ring (bicyclic) bond motifs is 1. The Hall–Kier alpha value is -3.85. The molecule has 0 saturated heterocycles. The summed E-state index contributed by atoms with van der Waals surface area (Å²) in [7, 11) is 6.54. The van der Waals surface area contributed by atoms with Crippen molar-refractivity contribution in [2.45, 2.75) is 25.3 Å². The molecule has 0 unspecified atom stereocenters. The maximum Gasteiger partial charge on any atom is 0.218 e. The van der Waals surface area contributed by atoms with Gasteiger partial charge < -0.3 is 24.7 Å². The predicted molar refractivity (Wildman–Crippen MR) is 130 cm³/mol. The quantitative estimate of drug-likeness (QED) is 0.265. The molecular formula is C25H32N2O9. The van der Waals surface area contributed by atoms with Crippen molar-refractivity contribution in [3.8, 4) is 35.2 Å². The Bertz CT molecular complexity index is 1060. The minimum absolute atomic E-state index is 0.0750. The molecule has 1 atom stereocenters. The van der Waals surface area contributed by atoms with Crippen LogP contribution < -0.4 is 24.7 Å². The number of carbonyl (C=O) groups is 1. The van der Waals surface area contributed by atoms with Crippen molar-refractivity contribution < 1.29 is 44.0 Å². The number of amides is 1. The number of benzene rings is 2. The summed E-state index contributed by atoms with van der Waals surface area (Å²) in [6.45, 7) is 1.45. The molecule has 11 nitrogen and oxygen atoms in total. The molecule has 0 spiro atoms. The minimum Gasteiger partial charge on any atom is -0.493 e. The first-order valence-corrected chi connectivity index (χ1v) is 11.0. The molecule has 0 aliphatic carbocycles. The standard InChI is InChI=1S/C23H30N2O5.C2H2O4/c1-27-19-6-5-15(12-20(19)28-2)11-18-17-14-22(30-4)21(29-3)13-16(17)7-9-25(18)10-8-23(24)26;3-5-1-2-6-4/h5-6,12-14,18H,7-11H2,1-4H3,(H2,24,26);3-4H/t18-;/m1./s1. The average Bonchev–Trinajstić information content (AvgIpc) is 2.90. The van der Waals surface area contributed by atoms with Gasteiger partial charge in [-0.3, -0.25) is 19.5 Å². The van der Waals surface area contributed by atoms with Crippen LogP contribution in [0.2, 0.25) is 0 Å². The lowest BCUT2D eigenvalue weighted by atomic mass is 9.88. The maximum atomic E-state index is 11.4. The van der Waals surface area contributed by atoms with Gasteiger partial charge in [0.15, 0.2) is 23.0 Å². The minimum atomic E-state index is -0.294. The summed E-state index contributed by atoms with van der Waals surface area (Å²) in [6.07, 6.45) is 5.01. The van der Waals surface area contributed by atoms with Gasteiger partial charge in [-0.1, -0.05) is 6.07 Å². The third-order valence-corrected chi connectivity index (χ3v) is 5.77. The molecule has 1 heterocycles. The Morgan fingerprint density at radius 3 is 2.08 bits per heavy atom. The van der Waals surface area contributed by atoms with E-state index in [1.807, 2.05) is 18.2 Å². The van der Waals surface area contributed by atoms with E-state index in [9.17, 15) is 4.79 Å². The maximum absolute atomic E-state index is 11.4. The van der Waals surface area contributed by atoms with E-state index >= 15 is 0 Å². The van der Waals surface area contributed by atoms with E-state index in [1.54, 1.807) is 28.4 Å². The van der Waals surface area contributed by atoms with Gasteiger partial charge >= 0.3 is 0 Å². The van der Waals surface area contributed by atoms with Crippen LogP contribution in [0.4, 0.5) is 0 Å². The van der Waals surface area contributed by atoms with E-state index in [1.165, 1.54) is 23.3 Å². The number of ether oxygens (including phenoxy) is 4. The van der Waals surface area contributed by atoms with Crippen LogP contribution in [0.1, 0.15) is 29.2 Å². The number of carbonyl (C=O) groups excluding carboxylic acids is 1. The van der Waals surface area contributed by atoms with Gasteiger partial charge in [-0.2, -0.15) is 10.5 Å². The summed E-state index contributed by atoms with van der Waals surface area (Å²) in [5, 5.41) is 14.7. The van der Waals surface area contributed by atoms with Crippen LogP contribution >= 0.6 is 0 Å². The molecule has 0 saturated carbocycles. The van der Waals surface area contributed by atoms with Crippen molar-refractivity contribution in [1.29, 1.82) is 0 Å². The number of rotatable bonds is 9. The number of nitrogens with zero attached hydrogens (tertiary/aromatic N) is 1. The summed E-state index contributed by atoms with van der Waals surface area (Å²) in [5.74, 6) is 2.53. The van der Waals surface area contributed by atoms with Crippen molar-refractivity contribution in [2.75, 3.05) is 41.5 Å². The van der Waals surface area contributed by atoms with Crippen LogP contribution in [0, 0.1) is 12.2 Å². The Morgan fingerprint density at radius 1 is 0.944 bits per heavy atom. The summed E-state index contributed by atoms with van der Waals surface area (Å²) in [4.78, 5) is 20.0. The zero-order valence-electron chi connectivity index (χ0n) is 20.8. The molecule has 0 bridgehead atoms. The molecule has 4 N–H and O–H groups in total. The van der Waals surface area contributed by atoms with Crippen LogP contribution in [-0.2, 0) is 27.4 Å². The normalized spacial score (nSPS) is 14.1. The van der Waals surface area contributed by atoms with E-state index in [2.05, 4.69) is 26.8 Å². The predicted octanol–water partition coefficient (Wildman–Crippen LogP) is 2.62. The first-order valence-electron chi connectivity index (χ1n) is 11.0. The van der Waals surface area contributed by atoms with Crippen LogP contribution in [0.15, 0.2) is 30.3 Å². The zero-order valence-corrected chi connectivity index (χ0v) is 20.8. The molecule has 11 heteroatoms. The van der Waals surface area contributed by atoms with Gasteiger partial charge in [0.1, 0.15) is 0 Å². The SMILES string of the molecule is COc1ccc(C[C@@H]2c3cc(OC)c(OC)cc3CCN2CCC(N)=O)cc1OC.OOC#COO. The molecule has 196 valence electrons. The van der Waals surface area contributed by atoms with Crippen LogP contribution in [0.25, 0.3) is 0 Å². The number of hydrogen-bond acceptors (Lipinski definition) is 10. The molecule has 0 fully saturated rings. The third kappa shape index (κ3) is 7.58. The second-order valence-corrected chi connectivity index (χ2v) is 7.70. The van der Waals surface area contributed by atoms with Crippen molar-refractivity contribution in [2.24, 2.45) is 5.73 Å². The highest BCUT2D eigenvalue weighted by Gasteiger charge is 2.29. The first-order chi connectivity index (χ1) is 17.4. The molecule has 1 aliphatic rings. The second kappa shape index (κ2) is 14.5. The highest BCUT2D eigenvalue weighted by molar-refractivity contribution is 5.73. The topological polar surface area (TPSA) is 142 Å². The Labute approximate surface area is 210 Å². The van der Waals surface area contributed by atoms with Gasteiger partial charge in [0.25, 0.3) is 0 Å². The highest BCUT2D eigenvalue weighted by Crippen LogP contribution is 2.40. The summed E-state index contributed by atoms with van der Waals surface area (Å²) in [6, 6.07) is 10.1. The molecule has 2 aromatic carbocycles. The fraction of sp³-hybridized carbons (Fsp3) is 0.400. The lowest BCUT2D eigenvalue weighted by Gasteiger charge is -2.38. The summed E-state index contributed by atoms with van der Waals surface area (Å²) in [5.41, 5.74) is 8.95. The lowest BCUT2D eigenvalue weighted by molar-refractivity contribution is -0.188. The van der Waals surface area contributed by atoms with Gasteiger partial charge in [0.2, 0.25) is 18.1 Å². The molecule has 1 aliphatic heterocycles. The monoisotopic (exact) mass is 504 g/mol. The summed E-state index contributed by atoms with van der Waals surface area (Å²) >= 11 is 0. The van der Waals surface area contributed by atoms with E-state index in [4.69, 9.17) is 35.2 Å². The lowest BCUT2D eigenvalue weighted by Crippen LogP contribution is -2.38. The molecule has 3 rings (SSSR count). The van der Waals surface area contributed by atoms with Crippen molar-refractivity contribution >= 4 is 5.91 Å². The van der Waals surface area contributed by atoms with Crippen molar-refractivity contribution in [3.05, 3.63) is 47.0 Å². The number of primary amides is 1. The second-order valence-electron chi connectivity index (χ2n) is 7.70. The van der Waals surface area contributed by atoms with E-state index < -0.39 is 0 Å². The van der Waals surface area contributed by atoms with E-state index in [-0.39, 0.29) is 11.9 Å². The molecule has 2 aromatic rings. The van der Waals surface area contributed by atoms with Gasteiger partial charge in [-0.25, -0.2) is 0 Å². The number of methoxy groups -OCH3 is 4. The van der Waals surface area contributed by atoms with E-state index in [0.717, 1.165) is 30.7 Å². The highest BCUT2D eigenvalue weighted by atomic mass is 17.1. The number of nitrogens with two attached hydrogens (primary N) is 1. The summed E-state index contributed by atoms with van der Waals surface area (Å²) < 4.78 is 21.9. The molecule has 36 heavy (non-hydrogen) atoms.